The molecule has 4 amide bonds. The van der Waals surface area contributed by atoms with E-state index in [-0.39, 0.29) is 11.6 Å². The minimum Gasteiger partial charge on any atom is -0.273 e. The molecule has 1 saturated carbocycles. The van der Waals surface area contributed by atoms with Gasteiger partial charge >= 0.3 is 6.03 Å². The van der Waals surface area contributed by atoms with E-state index in [1.807, 2.05) is 48.5 Å². The molecule has 1 aliphatic heterocycles. The van der Waals surface area contributed by atoms with Gasteiger partial charge in [-0.05, 0) is 60.9 Å². The highest BCUT2D eigenvalue weighted by Crippen LogP contribution is 2.30. The van der Waals surface area contributed by atoms with Crippen LogP contribution in [0.4, 0.5) is 4.79 Å². The first-order valence-electron chi connectivity index (χ1n) is 9.45. The lowest BCUT2D eigenvalue weighted by molar-refractivity contribution is -0.131. The lowest BCUT2D eigenvalue weighted by atomic mass is 10.1. The number of amides is 4. The molecule has 4 rings (SSSR count). The lowest BCUT2D eigenvalue weighted by Crippen LogP contribution is -2.57. The summed E-state index contributed by atoms with van der Waals surface area (Å²) in [5, 5.41) is 2.99. The monoisotopic (exact) mass is 426 g/mol. The minimum absolute atomic E-state index is 0.00500. The number of halogens is 1. The molecule has 0 aromatic heterocycles. The molecular formula is C22H19ClN2O3S. The summed E-state index contributed by atoms with van der Waals surface area (Å²) in [5.41, 5.74) is 0.722. The van der Waals surface area contributed by atoms with Crippen molar-refractivity contribution >= 4 is 47.3 Å². The molecule has 0 bridgehead atoms. The Bertz CT molecular complexity index is 980. The Kier molecular flexibility index (Phi) is 5.74. The van der Waals surface area contributed by atoms with Gasteiger partial charge in [0.05, 0.1) is 0 Å². The molecule has 5 nitrogen and oxygen atoms in total. The molecule has 0 atom stereocenters. The summed E-state index contributed by atoms with van der Waals surface area (Å²) in [5.74, 6) is -1.15. The molecule has 0 radical (unpaired) electrons. The lowest BCUT2D eigenvalue weighted by Gasteiger charge is -2.31. The van der Waals surface area contributed by atoms with Crippen LogP contribution >= 0.6 is 23.4 Å². The molecule has 1 N–H and O–H groups in total. The number of benzene rings is 2. The van der Waals surface area contributed by atoms with Crippen molar-refractivity contribution in [3.05, 3.63) is 64.7 Å². The molecule has 29 heavy (non-hydrogen) atoms. The Balaban J connectivity index is 1.52. The van der Waals surface area contributed by atoms with Crippen LogP contribution in [0.3, 0.4) is 0 Å². The molecule has 0 unspecified atom stereocenters. The van der Waals surface area contributed by atoms with Crippen LogP contribution in [-0.2, 0) is 9.59 Å². The van der Waals surface area contributed by atoms with E-state index in [9.17, 15) is 14.4 Å². The highest BCUT2D eigenvalue weighted by molar-refractivity contribution is 7.99. The summed E-state index contributed by atoms with van der Waals surface area (Å²) in [6.45, 7) is 0. The molecule has 0 spiro atoms. The van der Waals surface area contributed by atoms with Crippen LogP contribution < -0.4 is 5.32 Å². The van der Waals surface area contributed by atoms with Gasteiger partial charge in [-0.25, -0.2) is 4.79 Å². The zero-order valence-corrected chi connectivity index (χ0v) is 17.1. The molecule has 1 heterocycles. The topological polar surface area (TPSA) is 66.5 Å². The Labute approximate surface area is 178 Å². The number of imide groups is 2. The van der Waals surface area contributed by atoms with E-state index in [4.69, 9.17) is 11.6 Å². The molecular weight excluding hydrogens is 408 g/mol. The van der Waals surface area contributed by atoms with E-state index >= 15 is 0 Å². The maximum absolute atomic E-state index is 12.8. The number of barbiturate groups is 1. The Morgan fingerprint density at radius 2 is 1.52 bits per heavy atom. The number of carbonyl (C=O) groups is 3. The van der Waals surface area contributed by atoms with E-state index in [1.165, 1.54) is 4.90 Å². The second-order valence-corrected chi connectivity index (χ2v) is 8.64. The molecule has 2 fully saturated rings. The second-order valence-electron chi connectivity index (χ2n) is 7.06. The van der Waals surface area contributed by atoms with Gasteiger partial charge in [0.2, 0.25) is 0 Å². The van der Waals surface area contributed by atoms with Gasteiger partial charge in [-0.2, -0.15) is 0 Å². The highest BCUT2D eigenvalue weighted by Gasteiger charge is 2.40. The van der Waals surface area contributed by atoms with Crippen molar-refractivity contribution in [3.8, 4) is 0 Å². The third-order valence-corrected chi connectivity index (χ3v) is 6.33. The number of nitrogens with zero attached hydrogens (tertiary/aromatic N) is 1. The molecule has 2 aromatic carbocycles. The molecule has 148 valence electrons. The quantitative estimate of drug-likeness (QED) is 0.558. The first-order chi connectivity index (χ1) is 14.0. The van der Waals surface area contributed by atoms with Crippen molar-refractivity contribution in [1.82, 2.24) is 10.2 Å². The number of rotatable bonds is 4. The normalized spacial score (nSPS) is 19.1. The van der Waals surface area contributed by atoms with Gasteiger partial charge in [0, 0.05) is 20.9 Å². The first kappa shape index (κ1) is 19.7. The molecule has 7 heteroatoms. The summed E-state index contributed by atoms with van der Waals surface area (Å²) < 4.78 is 0. The van der Waals surface area contributed by atoms with Crippen LogP contribution in [0.15, 0.2) is 63.9 Å². The SMILES string of the molecule is O=C1NC(=O)N(C2CCCC2)C(=O)/C1=C/c1ccc(Sc2ccc(Cl)cc2)cc1. The van der Waals surface area contributed by atoms with E-state index in [1.54, 1.807) is 17.8 Å². The van der Waals surface area contributed by atoms with Gasteiger partial charge in [-0.3, -0.25) is 19.8 Å². The van der Waals surface area contributed by atoms with Crippen LogP contribution in [0.25, 0.3) is 6.08 Å². The second kappa shape index (κ2) is 8.43. The van der Waals surface area contributed by atoms with Crippen molar-refractivity contribution in [2.24, 2.45) is 0 Å². The van der Waals surface area contributed by atoms with Gasteiger partial charge in [-0.1, -0.05) is 48.3 Å². The largest absolute Gasteiger partial charge is 0.331 e. The number of carbonyl (C=O) groups excluding carboxylic acids is 3. The maximum Gasteiger partial charge on any atom is 0.331 e. The van der Waals surface area contributed by atoms with Gasteiger partial charge in [0.15, 0.2) is 0 Å². The van der Waals surface area contributed by atoms with E-state index in [2.05, 4.69) is 5.32 Å². The third-order valence-electron chi connectivity index (χ3n) is 5.06. The van der Waals surface area contributed by atoms with Crippen LogP contribution in [0.1, 0.15) is 31.2 Å². The van der Waals surface area contributed by atoms with Crippen molar-refractivity contribution in [3.63, 3.8) is 0 Å². The van der Waals surface area contributed by atoms with Gasteiger partial charge < -0.3 is 0 Å². The number of hydrogen-bond acceptors (Lipinski definition) is 4. The average Bonchev–Trinajstić information content (AvgIpc) is 3.22. The Morgan fingerprint density at radius 3 is 2.14 bits per heavy atom. The molecule has 2 aromatic rings. The Morgan fingerprint density at radius 1 is 0.931 bits per heavy atom. The predicted octanol–water partition coefficient (Wildman–Crippen LogP) is 4.90. The van der Waals surface area contributed by atoms with Crippen molar-refractivity contribution < 1.29 is 14.4 Å². The highest BCUT2D eigenvalue weighted by atomic mass is 35.5. The van der Waals surface area contributed by atoms with Crippen molar-refractivity contribution in [1.29, 1.82) is 0 Å². The fourth-order valence-corrected chi connectivity index (χ4v) is 4.55. The number of nitrogens with one attached hydrogen (secondary N) is 1. The van der Waals surface area contributed by atoms with E-state index in [0.717, 1.165) is 41.0 Å². The van der Waals surface area contributed by atoms with Gasteiger partial charge in [-0.15, -0.1) is 0 Å². The third kappa shape index (κ3) is 4.38. The van der Waals surface area contributed by atoms with Gasteiger partial charge in [0.1, 0.15) is 5.57 Å². The van der Waals surface area contributed by atoms with Crippen molar-refractivity contribution in [2.75, 3.05) is 0 Å². The zero-order chi connectivity index (χ0) is 20.4. The Hall–Kier alpha value is -2.57. The minimum atomic E-state index is -0.645. The first-order valence-corrected chi connectivity index (χ1v) is 10.6. The van der Waals surface area contributed by atoms with Crippen LogP contribution in [0, 0.1) is 0 Å². The summed E-state index contributed by atoms with van der Waals surface area (Å²) in [7, 11) is 0. The summed E-state index contributed by atoms with van der Waals surface area (Å²) in [6.07, 6.45) is 5.10. The number of urea groups is 1. The fraction of sp³-hybridized carbons (Fsp3) is 0.227. The standard InChI is InChI=1S/C22H19ClN2O3S/c23-15-7-11-18(12-8-15)29-17-9-5-14(6-10-17)13-19-20(26)24-22(28)25(21(19)27)16-3-1-2-4-16/h5-13,16H,1-4H2,(H,24,26,28)/b19-13+. The number of hydrogen-bond donors (Lipinski definition) is 1. The predicted molar refractivity (Wildman–Crippen MR) is 113 cm³/mol. The van der Waals surface area contributed by atoms with E-state index < -0.39 is 17.8 Å². The van der Waals surface area contributed by atoms with Crippen LogP contribution in [0.5, 0.6) is 0 Å². The summed E-state index contributed by atoms with van der Waals surface area (Å²) in [4.78, 5) is 40.6. The molecule has 1 aliphatic carbocycles. The average molecular weight is 427 g/mol. The molecule has 2 aliphatic rings. The van der Waals surface area contributed by atoms with E-state index in [0.29, 0.717) is 5.02 Å². The smallest absolute Gasteiger partial charge is 0.273 e. The summed E-state index contributed by atoms with van der Waals surface area (Å²) >= 11 is 7.50. The van der Waals surface area contributed by atoms with Gasteiger partial charge in [0.25, 0.3) is 11.8 Å². The summed E-state index contributed by atoms with van der Waals surface area (Å²) in [6, 6.07) is 14.4. The van der Waals surface area contributed by atoms with Crippen LogP contribution in [-0.4, -0.2) is 28.8 Å². The molecule has 1 saturated heterocycles. The van der Waals surface area contributed by atoms with Crippen molar-refractivity contribution in [2.45, 2.75) is 41.5 Å². The maximum atomic E-state index is 12.8. The zero-order valence-electron chi connectivity index (χ0n) is 15.6. The fourth-order valence-electron chi connectivity index (χ4n) is 3.60. The van der Waals surface area contributed by atoms with Crippen LogP contribution in [0.2, 0.25) is 5.02 Å².